The number of hydrogen-bond acceptors (Lipinski definition) is 4. The first kappa shape index (κ1) is 24.5. The summed E-state index contributed by atoms with van der Waals surface area (Å²) in [6.45, 7) is 1.84. The van der Waals surface area contributed by atoms with E-state index in [0.717, 1.165) is 17.8 Å². The van der Waals surface area contributed by atoms with Crippen LogP contribution in [0.4, 0.5) is 29.3 Å². The summed E-state index contributed by atoms with van der Waals surface area (Å²) >= 11 is 5.56. The van der Waals surface area contributed by atoms with Gasteiger partial charge in [-0.2, -0.15) is 13.2 Å². The van der Waals surface area contributed by atoms with Crippen LogP contribution in [0, 0.1) is 6.92 Å². The Morgan fingerprint density at radius 2 is 1.62 bits per heavy atom. The molecular formula is C21H18ClF3N4O3. The topological polar surface area (TPSA) is 106 Å². The molecule has 2 aromatic carbocycles. The summed E-state index contributed by atoms with van der Waals surface area (Å²) in [4.78, 5) is 24.7. The number of rotatable bonds is 4. The zero-order valence-electron chi connectivity index (χ0n) is 16.6. The Bertz CT molecular complexity index is 1080. The van der Waals surface area contributed by atoms with Gasteiger partial charge in [0.05, 0.1) is 10.6 Å². The number of alkyl halides is 3. The molecule has 1 heterocycles. The van der Waals surface area contributed by atoms with Crippen LogP contribution in [0.25, 0.3) is 0 Å². The average molecular weight is 467 g/mol. The van der Waals surface area contributed by atoms with Gasteiger partial charge >= 0.3 is 12.2 Å². The predicted octanol–water partition coefficient (Wildman–Crippen LogP) is 5.60. The van der Waals surface area contributed by atoms with E-state index in [-0.39, 0.29) is 12.1 Å². The molecule has 0 radical (unpaired) electrons. The van der Waals surface area contributed by atoms with Crippen LogP contribution in [0.1, 0.15) is 11.3 Å². The predicted molar refractivity (Wildman–Crippen MR) is 115 cm³/mol. The first-order chi connectivity index (χ1) is 15.1. The fourth-order valence-corrected chi connectivity index (χ4v) is 2.66. The molecule has 3 amide bonds. The van der Waals surface area contributed by atoms with E-state index < -0.39 is 22.8 Å². The van der Waals surface area contributed by atoms with Crippen molar-refractivity contribution in [3.63, 3.8) is 0 Å². The number of pyridine rings is 1. The monoisotopic (exact) mass is 466 g/mol. The summed E-state index contributed by atoms with van der Waals surface area (Å²) in [5, 5.41) is 4.44. The fourth-order valence-electron chi connectivity index (χ4n) is 2.44. The van der Waals surface area contributed by atoms with Crippen LogP contribution in [0.2, 0.25) is 5.02 Å². The summed E-state index contributed by atoms with van der Waals surface area (Å²) in [5.74, 6) is 1.17. The summed E-state index contributed by atoms with van der Waals surface area (Å²) in [5.41, 5.74) is 4.36. The lowest BCUT2D eigenvalue weighted by atomic mass is 10.2. The number of hydrogen-bond donors (Lipinski definition) is 3. The molecule has 3 rings (SSSR count). The molecule has 0 saturated heterocycles. The molecule has 0 saturated carbocycles. The number of aryl methyl sites for hydroxylation is 1. The Hall–Kier alpha value is -3.79. The normalized spacial score (nSPS) is 10.4. The molecule has 7 nitrogen and oxygen atoms in total. The fraction of sp³-hybridized carbons (Fsp3) is 0.0952. The van der Waals surface area contributed by atoms with Crippen LogP contribution < -0.4 is 21.1 Å². The lowest BCUT2D eigenvalue weighted by molar-refractivity contribution is -0.137. The number of nitrogens with zero attached hydrogens (tertiary/aromatic N) is 1. The van der Waals surface area contributed by atoms with Gasteiger partial charge < -0.3 is 21.1 Å². The summed E-state index contributed by atoms with van der Waals surface area (Å²) in [6.07, 6.45) is -2.74. The Balaban J connectivity index is 0.00000114. The lowest BCUT2D eigenvalue weighted by Crippen LogP contribution is -2.19. The van der Waals surface area contributed by atoms with Crippen molar-refractivity contribution in [3.05, 3.63) is 77.1 Å². The number of aromatic nitrogens is 1. The molecule has 32 heavy (non-hydrogen) atoms. The number of urea groups is 1. The summed E-state index contributed by atoms with van der Waals surface area (Å²) in [7, 11) is 0. The number of nitrogens with one attached hydrogen (secondary N) is 2. The standard InChI is InChI=1S/C20H15ClF3N3O2.CH3NO/c1-12-10-16(8-9-25-12)29-15-5-2-13(3-6-15)26-19(28)27-14-4-7-18(21)17(11-14)20(22,23)24;2-1-3/h2-11H,1H3,(H2,26,27,28);1H,(H2,2,3). The zero-order chi connectivity index (χ0) is 23.7. The molecule has 0 spiro atoms. The van der Waals surface area contributed by atoms with E-state index >= 15 is 0 Å². The number of carbonyl (C=O) groups excluding carboxylic acids is 2. The number of halogens is 4. The van der Waals surface area contributed by atoms with Gasteiger partial charge in [-0.05, 0) is 55.5 Å². The van der Waals surface area contributed by atoms with E-state index in [9.17, 15) is 18.0 Å². The second-order valence-electron chi connectivity index (χ2n) is 6.17. The van der Waals surface area contributed by atoms with Crippen LogP contribution in [0.3, 0.4) is 0 Å². The minimum atomic E-state index is -4.62. The van der Waals surface area contributed by atoms with Crippen molar-refractivity contribution < 1.29 is 27.5 Å². The van der Waals surface area contributed by atoms with Gasteiger partial charge in [0.15, 0.2) is 0 Å². The van der Waals surface area contributed by atoms with E-state index in [1.165, 1.54) is 6.07 Å². The number of primary amides is 1. The summed E-state index contributed by atoms with van der Waals surface area (Å²) < 4.78 is 44.4. The SMILES string of the molecule is Cc1cc(Oc2ccc(NC(=O)Nc3ccc(Cl)c(C(F)(F)F)c3)cc2)ccn1.NC=O. The molecule has 3 aromatic rings. The van der Waals surface area contributed by atoms with Gasteiger partial charge in [-0.1, -0.05) is 11.6 Å². The zero-order valence-corrected chi connectivity index (χ0v) is 17.4. The van der Waals surface area contributed by atoms with Gasteiger partial charge in [-0.25, -0.2) is 4.79 Å². The molecule has 1 aromatic heterocycles. The van der Waals surface area contributed by atoms with E-state index in [2.05, 4.69) is 21.4 Å². The van der Waals surface area contributed by atoms with Gasteiger partial charge in [-0.3, -0.25) is 9.78 Å². The third-order valence-corrected chi connectivity index (χ3v) is 4.08. The second-order valence-corrected chi connectivity index (χ2v) is 6.57. The van der Waals surface area contributed by atoms with Crippen molar-refractivity contribution in [3.8, 4) is 11.5 Å². The van der Waals surface area contributed by atoms with E-state index in [4.69, 9.17) is 21.1 Å². The minimum Gasteiger partial charge on any atom is -0.457 e. The van der Waals surface area contributed by atoms with Crippen molar-refractivity contribution in [2.24, 2.45) is 5.73 Å². The second kappa shape index (κ2) is 11.0. The number of carbonyl (C=O) groups is 2. The Labute approximate surface area is 186 Å². The van der Waals surface area contributed by atoms with Gasteiger partial charge in [-0.15, -0.1) is 0 Å². The van der Waals surface area contributed by atoms with E-state index in [1.807, 2.05) is 6.92 Å². The highest BCUT2D eigenvalue weighted by Gasteiger charge is 2.33. The lowest BCUT2D eigenvalue weighted by Gasteiger charge is -2.12. The Morgan fingerprint density at radius 1 is 1.03 bits per heavy atom. The van der Waals surface area contributed by atoms with Crippen molar-refractivity contribution in [2.75, 3.05) is 10.6 Å². The minimum absolute atomic E-state index is 0.0350. The highest BCUT2D eigenvalue weighted by atomic mass is 35.5. The molecule has 0 aliphatic carbocycles. The molecule has 0 atom stereocenters. The maximum Gasteiger partial charge on any atom is 0.417 e. The first-order valence-corrected chi connectivity index (χ1v) is 9.31. The first-order valence-electron chi connectivity index (χ1n) is 8.93. The van der Waals surface area contributed by atoms with Crippen LogP contribution in [-0.2, 0) is 11.0 Å². The van der Waals surface area contributed by atoms with E-state index in [0.29, 0.717) is 17.2 Å². The van der Waals surface area contributed by atoms with Gasteiger partial charge in [0.1, 0.15) is 11.5 Å². The molecule has 168 valence electrons. The Morgan fingerprint density at radius 3 is 2.22 bits per heavy atom. The van der Waals surface area contributed by atoms with Crippen molar-refractivity contribution in [1.29, 1.82) is 0 Å². The average Bonchev–Trinajstić information content (AvgIpc) is 2.71. The van der Waals surface area contributed by atoms with Crippen LogP contribution in [-0.4, -0.2) is 17.4 Å². The smallest absolute Gasteiger partial charge is 0.417 e. The van der Waals surface area contributed by atoms with Crippen LogP contribution in [0.15, 0.2) is 60.8 Å². The number of ether oxygens (including phenoxy) is 1. The highest BCUT2D eigenvalue weighted by molar-refractivity contribution is 6.31. The van der Waals surface area contributed by atoms with E-state index in [1.54, 1.807) is 42.6 Å². The highest BCUT2D eigenvalue weighted by Crippen LogP contribution is 2.36. The van der Waals surface area contributed by atoms with Gasteiger partial charge in [0.2, 0.25) is 6.41 Å². The quantitative estimate of drug-likeness (QED) is 0.435. The largest absolute Gasteiger partial charge is 0.457 e. The molecule has 0 aliphatic rings. The maximum atomic E-state index is 12.9. The van der Waals surface area contributed by atoms with Crippen molar-refractivity contribution in [1.82, 2.24) is 4.98 Å². The summed E-state index contributed by atoms with van der Waals surface area (Å²) in [6, 6.07) is 12.4. The maximum absolute atomic E-state index is 12.9. The molecular weight excluding hydrogens is 449 g/mol. The Kier molecular flexibility index (Phi) is 8.42. The van der Waals surface area contributed by atoms with Gasteiger partial charge in [0.25, 0.3) is 0 Å². The molecule has 4 N–H and O–H groups in total. The van der Waals surface area contributed by atoms with Crippen LogP contribution in [0.5, 0.6) is 11.5 Å². The molecule has 0 aliphatic heterocycles. The number of amides is 3. The van der Waals surface area contributed by atoms with Crippen molar-refractivity contribution in [2.45, 2.75) is 13.1 Å². The molecule has 0 bridgehead atoms. The third kappa shape index (κ3) is 7.47. The molecule has 11 heteroatoms. The number of benzene rings is 2. The third-order valence-electron chi connectivity index (χ3n) is 3.75. The molecule has 0 fully saturated rings. The molecule has 0 unspecified atom stereocenters. The number of anilines is 2. The van der Waals surface area contributed by atoms with Crippen LogP contribution >= 0.6 is 11.6 Å². The van der Waals surface area contributed by atoms with Gasteiger partial charge in [0, 0.05) is 29.3 Å². The number of nitrogens with two attached hydrogens (primary N) is 1. The van der Waals surface area contributed by atoms with Crippen molar-refractivity contribution >= 4 is 35.4 Å².